The van der Waals surface area contributed by atoms with Gasteiger partial charge in [0.05, 0.1) is 22.5 Å². The van der Waals surface area contributed by atoms with E-state index in [0.717, 1.165) is 40.3 Å². The maximum Gasteiger partial charge on any atom is 0.416 e. The molecule has 0 aliphatic heterocycles. The SMILES string of the molecule is Cc1ccc(NCc2cc(C(F)(F)F)cc(C(F)(F)F)c2)cc1-n1ccn2nc(-c3cccnc3)cc12. The monoisotopic (exact) mass is 515 g/mol. The molecule has 0 amide bonds. The summed E-state index contributed by atoms with van der Waals surface area (Å²) in [6.07, 6.45) is -2.80. The van der Waals surface area contributed by atoms with Gasteiger partial charge >= 0.3 is 12.4 Å². The van der Waals surface area contributed by atoms with Crippen molar-refractivity contribution in [1.82, 2.24) is 19.2 Å². The van der Waals surface area contributed by atoms with Crippen LogP contribution in [0.5, 0.6) is 0 Å². The number of pyridine rings is 1. The van der Waals surface area contributed by atoms with Crippen molar-refractivity contribution >= 4 is 11.3 Å². The largest absolute Gasteiger partial charge is 0.416 e. The fourth-order valence-corrected chi connectivity index (χ4v) is 4.04. The Labute approximate surface area is 207 Å². The number of alkyl halides is 6. The van der Waals surface area contributed by atoms with Gasteiger partial charge in [0.1, 0.15) is 5.65 Å². The maximum absolute atomic E-state index is 13.2. The lowest BCUT2D eigenvalue weighted by molar-refractivity contribution is -0.143. The Bertz CT molecular complexity index is 1530. The van der Waals surface area contributed by atoms with Gasteiger partial charge in [-0.3, -0.25) is 9.55 Å². The highest BCUT2D eigenvalue weighted by atomic mass is 19.4. The molecule has 37 heavy (non-hydrogen) atoms. The van der Waals surface area contributed by atoms with Crippen LogP contribution in [0.25, 0.3) is 22.6 Å². The molecule has 0 radical (unpaired) electrons. The highest BCUT2D eigenvalue weighted by Crippen LogP contribution is 2.36. The summed E-state index contributed by atoms with van der Waals surface area (Å²) in [4.78, 5) is 4.12. The quantitative estimate of drug-likeness (QED) is 0.253. The van der Waals surface area contributed by atoms with Gasteiger partial charge in [-0.2, -0.15) is 31.4 Å². The minimum atomic E-state index is -4.90. The Morgan fingerprint density at radius 3 is 2.24 bits per heavy atom. The van der Waals surface area contributed by atoms with Crippen molar-refractivity contribution in [2.75, 3.05) is 5.32 Å². The van der Waals surface area contributed by atoms with Crippen molar-refractivity contribution in [2.24, 2.45) is 0 Å². The molecular formula is C26H19F6N5. The maximum atomic E-state index is 13.2. The number of rotatable bonds is 5. The number of nitrogens with one attached hydrogen (secondary N) is 1. The third-order valence-corrected chi connectivity index (χ3v) is 5.89. The smallest absolute Gasteiger partial charge is 0.381 e. The van der Waals surface area contributed by atoms with Crippen LogP contribution < -0.4 is 5.32 Å². The molecule has 3 heterocycles. The molecule has 0 spiro atoms. The van der Waals surface area contributed by atoms with E-state index in [1.54, 1.807) is 35.2 Å². The number of nitrogens with zero attached hydrogens (tertiary/aromatic N) is 4. The van der Waals surface area contributed by atoms with Crippen LogP contribution in [0.2, 0.25) is 0 Å². The molecule has 1 N–H and O–H groups in total. The number of fused-ring (bicyclic) bond motifs is 1. The number of benzene rings is 2. The van der Waals surface area contributed by atoms with Gasteiger partial charge in [-0.1, -0.05) is 6.07 Å². The van der Waals surface area contributed by atoms with E-state index in [-0.39, 0.29) is 18.2 Å². The average Bonchev–Trinajstić information content (AvgIpc) is 3.44. The van der Waals surface area contributed by atoms with Gasteiger partial charge in [0, 0.05) is 48.6 Å². The summed E-state index contributed by atoms with van der Waals surface area (Å²) >= 11 is 0. The van der Waals surface area contributed by atoms with Crippen LogP contribution in [0, 0.1) is 6.92 Å². The Morgan fingerprint density at radius 2 is 1.59 bits per heavy atom. The van der Waals surface area contributed by atoms with Crippen LogP contribution in [0.1, 0.15) is 22.3 Å². The predicted octanol–water partition coefficient (Wildman–Crippen LogP) is 7.15. The van der Waals surface area contributed by atoms with Crippen LogP contribution in [0.3, 0.4) is 0 Å². The number of hydrogen-bond acceptors (Lipinski definition) is 3. The lowest BCUT2D eigenvalue weighted by Gasteiger charge is -2.16. The number of aryl methyl sites for hydroxylation is 1. The van der Waals surface area contributed by atoms with E-state index in [2.05, 4.69) is 15.4 Å². The van der Waals surface area contributed by atoms with Crippen molar-refractivity contribution < 1.29 is 26.3 Å². The standard InChI is InChI=1S/C26H19F6N5/c1-16-4-5-21(34-14-17-9-19(25(27,28)29)11-20(10-17)26(30,31)32)12-23(16)36-7-8-37-24(36)13-22(35-37)18-3-2-6-33-15-18/h2-13,15,34H,14H2,1H3. The molecule has 0 aliphatic rings. The molecule has 0 saturated carbocycles. The summed E-state index contributed by atoms with van der Waals surface area (Å²) in [7, 11) is 0. The third-order valence-electron chi connectivity index (χ3n) is 5.89. The zero-order chi connectivity index (χ0) is 26.4. The van der Waals surface area contributed by atoms with E-state index in [1.165, 1.54) is 0 Å². The first-order valence-corrected chi connectivity index (χ1v) is 11.1. The van der Waals surface area contributed by atoms with Crippen molar-refractivity contribution in [3.8, 4) is 16.9 Å². The van der Waals surface area contributed by atoms with E-state index >= 15 is 0 Å². The second kappa shape index (κ2) is 8.99. The Balaban J connectivity index is 1.45. The molecule has 5 aromatic rings. The van der Waals surface area contributed by atoms with E-state index < -0.39 is 23.5 Å². The van der Waals surface area contributed by atoms with Crippen molar-refractivity contribution in [2.45, 2.75) is 25.8 Å². The Morgan fingerprint density at radius 1 is 0.865 bits per heavy atom. The molecule has 2 aromatic carbocycles. The third kappa shape index (κ3) is 5.02. The van der Waals surface area contributed by atoms with Crippen LogP contribution in [-0.4, -0.2) is 19.2 Å². The summed E-state index contributed by atoms with van der Waals surface area (Å²) in [6.45, 7) is 1.67. The summed E-state index contributed by atoms with van der Waals surface area (Å²) in [5.41, 5.74) is 1.75. The molecule has 190 valence electrons. The van der Waals surface area contributed by atoms with E-state index in [4.69, 9.17) is 0 Å². The number of imidazole rings is 1. The number of anilines is 1. The van der Waals surface area contributed by atoms with Crippen LogP contribution >= 0.6 is 0 Å². The molecule has 0 bridgehead atoms. The number of hydrogen-bond donors (Lipinski definition) is 1. The van der Waals surface area contributed by atoms with Gasteiger partial charge in [0.15, 0.2) is 0 Å². The molecule has 5 rings (SSSR count). The van der Waals surface area contributed by atoms with Gasteiger partial charge in [-0.05, 0) is 60.5 Å². The molecule has 0 fully saturated rings. The van der Waals surface area contributed by atoms with E-state index in [1.807, 2.05) is 42.0 Å². The normalized spacial score (nSPS) is 12.3. The van der Waals surface area contributed by atoms with Crippen LogP contribution in [0.4, 0.5) is 32.0 Å². The first-order chi connectivity index (χ1) is 17.5. The molecule has 0 saturated heterocycles. The molecule has 11 heteroatoms. The average molecular weight is 515 g/mol. The van der Waals surface area contributed by atoms with Gasteiger partial charge < -0.3 is 5.32 Å². The second-order valence-corrected chi connectivity index (χ2v) is 8.51. The van der Waals surface area contributed by atoms with Gasteiger partial charge in [-0.15, -0.1) is 0 Å². The highest BCUT2D eigenvalue weighted by molar-refractivity contribution is 5.66. The van der Waals surface area contributed by atoms with E-state index in [0.29, 0.717) is 5.69 Å². The van der Waals surface area contributed by atoms with Gasteiger partial charge in [-0.25, -0.2) is 4.52 Å². The Kier molecular flexibility index (Phi) is 5.93. The van der Waals surface area contributed by atoms with Crippen molar-refractivity contribution in [3.05, 3.63) is 102 Å². The molecule has 0 aliphatic carbocycles. The van der Waals surface area contributed by atoms with E-state index in [9.17, 15) is 26.3 Å². The minimum Gasteiger partial charge on any atom is -0.381 e. The fourth-order valence-electron chi connectivity index (χ4n) is 4.04. The lowest BCUT2D eigenvalue weighted by Crippen LogP contribution is -2.13. The minimum absolute atomic E-state index is 0.121. The number of halogens is 6. The molecule has 3 aromatic heterocycles. The zero-order valence-corrected chi connectivity index (χ0v) is 19.3. The van der Waals surface area contributed by atoms with Gasteiger partial charge in [0.25, 0.3) is 0 Å². The van der Waals surface area contributed by atoms with Crippen molar-refractivity contribution in [3.63, 3.8) is 0 Å². The summed E-state index contributed by atoms with van der Waals surface area (Å²) in [6, 6.07) is 12.5. The van der Waals surface area contributed by atoms with Crippen LogP contribution in [-0.2, 0) is 18.9 Å². The topological polar surface area (TPSA) is 47.2 Å². The summed E-state index contributed by atoms with van der Waals surface area (Å²) in [5.74, 6) is 0. The predicted molar refractivity (Wildman–Crippen MR) is 126 cm³/mol. The van der Waals surface area contributed by atoms with Crippen LogP contribution in [0.15, 0.2) is 79.4 Å². The Hall–Kier alpha value is -4.28. The van der Waals surface area contributed by atoms with Gasteiger partial charge in [0.2, 0.25) is 0 Å². The first-order valence-electron chi connectivity index (χ1n) is 11.1. The fraction of sp³-hybridized carbons (Fsp3) is 0.154. The molecular weight excluding hydrogens is 496 g/mol. The zero-order valence-electron chi connectivity index (χ0n) is 19.3. The summed E-state index contributed by atoms with van der Waals surface area (Å²) < 4.78 is 82.8. The highest BCUT2D eigenvalue weighted by Gasteiger charge is 2.36. The second-order valence-electron chi connectivity index (χ2n) is 8.51. The summed E-state index contributed by atoms with van der Waals surface area (Å²) in [5, 5.41) is 7.52. The molecule has 0 unspecified atom stereocenters. The van der Waals surface area contributed by atoms with Crippen molar-refractivity contribution in [1.29, 1.82) is 0 Å². The molecule has 0 atom stereocenters. The lowest BCUT2D eigenvalue weighted by atomic mass is 10.0. The number of aromatic nitrogens is 4. The molecule has 5 nitrogen and oxygen atoms in total. The first kappa shape index (κ1) is 24.4.